The summed E-state index contributed by atoms with van der Waals surface area (Å²) >= 11 is 6.34. The summed E-state index contributed by atoms with van der Waals surface area (Å²) in [5.41, 5.74) is 0.466. The molecule has 2 fully saturated rings. The third-order valence-electron chi connectivity index (χ3n) is 5.05. The number of sulfonamides is 1. The Morgan fingerprint density at radius 1 is 1.31 bits per heavy atom. The Kier molecular flexibility index (Phi) is 7.39. The number of piperidine rings is 1. The summed E-state index contributed by atoms with van der Waals surface area (Å²) in [7, 11) is -1.46. The average Bonchev–Trinajstić information content (AvgIpc) is 2.69. The third kappa shape index (κ3) is 6.05. The zero-order valence-corrected chi connectivity index (χ0v) is 18.2. The van der Waals surface area contributed by atoms with E-state index in [1.54, 1.807) is 30.1 Å². The smallest absolute Gasteiger partial charge is 0.253 e. The van der Waals surface area contributed by atoms with Gasteiger partial charge in [0.05, 0.1) is 37.2 Å². The van der Waals surface area contributed by atoms with Crippen molar-refractivity contribution < 1.29 is 27.4 Å². The van der Waals surface area contributed by atoms with Crippen LogP contribution in [0, 0.1) is 0 Å². The van der Waals surface area contributed by atoms with Crippen molar-refractivity contribution in [1.29, 1.82) is 0 Å². The van der Waals surface area contributed by atoms with Crippen LogP contribution in [0.4, 0.5) is 0 Å². The van der Waals surface area contributed by atoms with Crippen molar-refractivity contribution in [1.82, 2.24) is 9.21 Å². The van der Waals surface area contributed by atoms with Crippen molar-refractivity contribution in [3.05, 3.63) is 28.8 Å². The normalized spacial score (nSPS) is 21.7. The molecule has 0 aromatic heterocycles. The molecule has 2 aliphatic rings. The fraction of sp³-hybridized carbons (Fsp3) is 0.632. The largest absolute Gasteiger partial charge is 0.489 e. The van der Waals surface area contributed by atoms with Crippen LogP contribution in [0.1, 0.15) is 23.2 Å². The van der Waals surface area contributed by atoms with Gasteiger partial charge < -0.3 is 19.1 Å². The van der Waals surface area contributed by atoms with E-state index in [9.17, 15) is 13.2 Å². The molecule has 8 nitrogen and oxygen atoms in total. The van der Waals surface area contributed by atoms with E-state index in [1.165, 1.54) is 10.6 Å². The summed E-state index contributed by atoms with van der Waals surface area (Å²) in [6, 6.07) is 4.97. The van der Waals surface area contributed by atoms with Gasteiger partial charge >= 0.3 is 0 Å². The molecular formula is C19H27ClN2O6S. The standard InChI is InChI=1S/C19H27ClN2O6S/c1-21(12-16-13-26-9-10-27-16)19(23)14-3-4-18(17(20)11-14)28-15-5-7-22(8-6-15)29(2,24)25/h3-4,11,15-16H,5-10,12-13H2,1-2H3/t16-/m1/s1. The van der Waals surface area contributed by atoms with Crippen molar-refractivity contribution in [3.8, 4) is 5.75 Å². The summed E-state index contributed by atoms with van der Waals surface area (Å²) in [6.07, 6.45) is 2.16. The second kappa shape index (κ2) is 9.61. The van der Waals surface area contributed by atoms with Crippen LogP contribution in [0.2, 0.25) is 5.02 Å². The van der Waals surface area contributed by atoms with Gasteiger partial charge in [-0.15, -0.1) is 0 Å². The zero-order valence-electron chi connectivity index (χ0n) is 16.7. The Balaban J connectivity index is 1.56. The topological polar surface area (TPSA) is 85.4 Å². The number of rotatable bonds is 6. The Labute approximate surface area is 176 Å². The second-order valence-electron chi connectivity index (χ2n) is 7.38. The van der Waals surface area contributed by atoms with Gasteiger partial charge in [-0.2, -0.15) is 0 Å². The molecule has 2 saturated heterocycles. The van der Waals surface area contributed by atoms with Crippen LogP contribution >= 0.6 is 11.6 Å². The molecular weight excluding hydrogens is 420 g/mol. The fourth-order valence-electron chi connectivity index (χ4n) is 3.44. The van der Waals surface area contributed by atoms with E-state index in [-0.39, 0.29) is 18.1 Å². The molecule has 0 aliphatic carbocycles. The minimum Gasteiger partial charge on any atom is -0.489 e. The fourth-order valence-corrected chi connectivity index (χ4v) is 4.54. The maximum atomic E-state index is 12.7. The number of hydrogen-bond acceptors (Lipinski definition) is 6. The molecule has 0 radical (unpaired) electrons. The van der Waals surface area contributed by atoms with Crippen LogP contribution < -0.4 is 4.74 Å². The first-order valence-corrected chi connectivity index (χ1v) is 11.8. The van der Waals surface area contributed by atoms with Crippen LogP contribution in [0.15, 0.2) is 18.2 Å². The molecule has 0 N–H and O–H groups in total. The average molecular weight is 447 g/mol. The van der Waals surface area contributed by atoms with Gasteiger partial charge in [0.2, 0.25) is 10.0 Å². The first kappa shape index (κ1) is 22.3. The van der Waals surface area contributed by atoms with Crippen molar-refractivity contribution in [2.45, 2.75) is 25.0 Å². The maximum Gasteiger partial charge on any atom is 0.253 e. The first-order valence-electron chi connectivity index (χ1n) is 9.60. The van der Waals surface area contributed by atoms with Crippen LogP contribution in [-0.4, -0.2) is 88.5 Å². The molecule has 1 amide bonds. The number of hydrogen-bond donors (Lipinski definition) is 0. The summed E-state index contributed by atoms with van der Waals surface area (Å²) in [4.78, 5) is 14.3. The highest BCUT2D eigenvalue weighted by Gasteiger charge is 2.27. The number of amides is 1. The van der Waals surface area contributed by atoms with E-state index >= 15 is 0 Å². The van der Waals surface area contributed by atoms with E-state index < -0.39 is 10.0 Å². The highest BCUT2D eigenvalue weighted by Crippen LogP contribution is 2.29. The van der Waals surface area contributed by atoms with E-state index in [1.807, 2.05) is 0 Å². The van der Waals surface area contributed by atoms with E-state index in [0.717, 1.165) is 0 Å². The molecule has 2 aliphatic heterocycles. The van der Waals surface area contributed by atoms with Gasteiger partial charge in [0.1, 0.15) is 11.9 Å². The predicted octanol–water partition coefficient (Wildman–Crippen LogP) is 1.63. The number of nitrogens with zero attached hydrogens (tertiary/aromatic N) is 2. The van der Waals surface area contributed by atoms with Gasteiger partial charge in [0, 0.05) is 32.2 Å². The van der Waals surface area contributed by atoms with Crippen molar-refractivity contribution in [2.75, 3.05) is 52.8 Å². The van der Waals surface area contributed by atoms with Gasteiger partial charge in [-0.05, 0) is 31.0 Å². The lowest BCUT2D eigenvalue weighted by Crippen LogP contribution is -2.41. The number of carbonyl (C=O) groups is 1. The summed E-state index contributed by atoms with van der Waals surface area (Å²) in [6.45, 7) is 2.88. The van der Waals surface area contributed by atoms with E-state index in [0.29, 0.717) is 68.6 Å². The van der Waals surface area contributed by atoms with Crippen molar-refractivity contribution in [3.63, 3.8) is 0 Å². The van der Waals surface area contributed by atoms with Crippen LogP contribution in [-0.2, 0) is 19.5 Å². The first-order chi connectivity index (χ1) is 13.7. The van der Waals surface area contributed by atoms with Gasteiger partial charge in [0.25, 0.3) is 5.91 Å². The summed E-state index contributed by atoms with van der Waals surface area (Å²) in [5, 5.41) is 0.354. The molecule has 29 heavy (non-hydrogen) atoms. The molecule has 1 aromatic rings. The Bertz CT molecular complexity index is 820. The third-order valence-corrected chi connectivity index (χ3v) is 6.65. The maximum absolute atomic E-state index is 12.7. The Morgan fingerprint density at radius 2 is 2.03 bits per heavy atom. The SMILES string of the molecule is CN(C[C@@H]1COCCO1)C(=O)c1ccc(OC2CCN(S(C)(=O)=O)CC2)c(Cl)c1. The van der Waals surface area contributed by atoms with Gasteiger partial charge in [-0.3, -0.25) is 4.79 Å². The van der Waals surface area contributed by atoms with E-state index in [4.69, 9.17) is 25.8 Å². The Morgan fingerprint density at radius 3 is 2.62 bits per heavy atom. The molecule has 162 valence electrons. The molecule has 0 spiro atoms. The number of likely N-dealkylation sites (N-methyl/N-ethyl adjacent to an activating group) is 1. The monoisotopic (exact) mass is 446 g/mol. The van der Waals surface area contributed by atoms with Crippen LogP contribution in [0.25, 0.3) is 0 Å². The van der Waals surface area contributed by atoms with Crippen LogP contribution in [0.5, 0.6) is 5.75 Å². The molecule has 0 saturated carbocycles. The van der Waals surface area contributed by atoms with Crippen molar-refractivity contribution in [2.24, 2.45) is 0 Å². The predicted molar refractivity (Wildman–Crippen MR) is 109 cm³/mol. The second-order valence-corrected chi connectivity index (χ2v) is 9.77. The van der Waals surface area contributed by atoms with E-state index in [2.05, 4.69) is 0 Å². The summed E-state index contributed by atoms with van der Waals surface area (Å²) < 4.78 is 41.6. The zero-order chi connectivity index (χ0) is 21.0. The minimum absolute atomic E-state index is 0.113. The number of carbonyl (C=O) groups excluding carboxylic acids is 1. The lowest BCUT2D eigenvalue weighted by Gasteiger charge is -2.30. The number of halogens is 1. The molecule has 10 heteroatoms. The number of benzene rings is 1. The molecule has 1 atom stereocenters. The lowest BCUT2D eigenvalue weighted by molar-refractivity contribution is -0.0933. The number of ether oxygens (including phenoxy) is 3. The van der Waals surface area contributed by atoms with Gasteiger partial charge in [-0.1, -0.05) is 11.6 Å². The van der Waals surface area contributed by atoms with Gasteiger partial charge in [-0.25, -0.2) is 12.7 Å². The highest BCUT2D eigenvalue weighted by atomic mass is 35.5. The van der Waals surface area contributed by atoms with Gasteiger partial charge in [0.15, 0.2) is 0 Å². The molecule has 2 heterocycles. The Hall–Kier alpha value is -1.39. The molecule has 3 rings (SSSR count). The summed E-state index contributed by atoms with van der Waals surface area (Å²) in [5.74, 6) is 0.335. The minimum atomic E-state index is -3.17. The molecule has 0 unspecified atom stereocenters. The quantitative estimate of drug-likeness (QED) is 0.660. The lowest BCUT2D eigenvalue weighted by atomic mass is 10.1. The van der Waals surface area contributed by atoms with Crippen molar-refractivity contribution >= 4 is 27.5 Å². The highest BCUT2D eigenvalue weighted by molar-refractivity contribution is 7.88. The molecule has 0 bridgehead atoms. The van der Waals surface area contributed by atoms with Crippen LogP contribution in [0.3, 0.4) is 0 Å². The molecule has 1 aromatic carbocycles.